The van der Waals surface area contributed by atoms with Crippen LogP contribution in [0.4, 0.5) is 17.1 Å². The second-order valence-corrected chi connectivity index (χ2v) is 18.9. The van der Waals surface area contributed by atoms with Gasteiger partial charge in [-0.3, -0.25) is 19.2 Å². The third-order valence-electron chi connectivity index (χ3n) is 12.6. The SMILES string of the molecule is C=CC(=C(C)C(=C)C)N1CCN(C(=O)c2ccc3c(c2)NC(=O)c2cc(-c4cc(OC)cc(N5CCN(C(=O)c6ccc7c(c6)NC(=O)c6ccccc6S7)C(C)C5)c4)ccc2S3)CC1. The maximum atomic E-state index is 14.0. The molecule has 5 aromatic rings. The lowest BCUT2D eigenvalue weighted by molar-refractivity contribution is 0.0665. The van der Waals surface area contributed by atoms with Gasteiger partial charge in [-0.25, -0.2) is 0 Å². The minimum absolute atomic E-state index is 0.0695. The van der Waals surface area contributed by atoms with E-state index >= 15 is 0 Å². The van der Waals surface area contributed by atoms with E-state index in [0.29, 0.717) is 85.2 Å². The lowest BCUT2D eigenvalue weighted by Crippen LogP contribution is -2.54. The van der Waals surface area contributed by atoms with Crippen LogP contribution in [-0.2, 0) is 0 Å². The third-order valence-corrected chi connectivity index (χ3v) is 14.9. The van der Waals surface area contributed by atoms with Crippen molar-refractivity contribution in [2.24, 2.45) is 0 Å². The van der Waals surface area contributed by atoms with E-state index in [1.165, 1.54) is 23.5 Å². The number of ether oxygens (including phenoxy) is 1. The zero-order valence-corrected chi connectivity index (χ0v) is 38.5. The molecular formula is C52H50N6O5S2. The van der Waals surface area contributed by atoms with Crippen molar-refractivity contribution in [1.29, 1.82) is 0 Å². The molecule has 9 rings (SSSR count). The van der Waals surface area contributed by atoms with Crippen LogP contribution >= 0.6 is 23.5 Å². The third kappa shape index (κ3) is 8.65. The van der Waals surface area contributed by atoms with Crippen molar-refractivity contribution in [3.63, 3.8) is 0 Å². The lowest BCUT2D eigenvalue weighted by Gasteiger charge is -2.41. The summed E-state index contributed by atoms with van der Waals surface area (Å²) in [6.45, 7) is 18.4. The fourth-order valence-electron chi connectivity index (χ4n) is 8.82. The van der Waals surface area contributed by atoms with Crippen LogP contribution in [-0.4, -0.2) is 97.3 Å². The Morgan fingerprint density at radius 3 is 1.95 bits per heavy atom. The van der Waals surface area contributed by atoms with Gasteiger partial charge in [0.25, 0.3) is 23.6 Å². The summed E-state index contributed by atoms with van der Waals surface area (Å²) in [6, 6.07) is 30.4. The molecule has 4 heterocycles. The molecule has 1 atom stereocenters. The van der Waals surface area contributed by atoms with Gasteiger partial charge >= 0.3 is 0 Å². The molecular weight excluding hydrogens is 853 g/mol. The summed E-state index contributed by atoms with van der Waals surface area (Å²) in [7, 11) is 1.64. The summed E-state index contributed by atoms with van der Waals surface area (Å²) in [6.07, 6.45) is 1.86. The van der Waals surface area contributed by atoms with Gasteiger partial charge in [0.15, 0.2) is 0 Å². The zero-order chi connectivity index (χ0) is 45.5. The Bertz CT molecular complexity index is 2850. The van der Waals surface area contributed by atoms with Crippen molar-refractivity contribution < 1.29 is 23.9 Å². The fourth-order valence-corrected chi connectivity index (χ4v) is 10.8. The van der Waals surface area contributed by atoms with E-state index in [9.17, 15) is 19.2 Å². The van der Waals surface area contributed by atoms with Gasteiger partial charge < -0.3 is 35.0 Å². The largest absolute Gasteiger partial charge is 0.497 e. The Hall–Kier alpha value is -6.70. The number of benzene rings is 5. The molecule has 4 aliphatic heterocycles. The standard InChI is InChI=1S/C52H50N6O5S2/c1-7-44(33(5)31(2)3)55-18-20-56(21-19-55)51(61)35-13-16-48-42(27-35)54-50(60)41-26-34(12-15-46(41)65-48)37-24-38(29-39(25-37)63-6)57-22-23-58(32(4)30-57)52(62)36-14-17-47-43(28-36)53-49(59)40-10-8-9-11-45(40)64-47/h7-17,24-29,32H,1-2,18-23,30H2,3-6H3,(H,53,59)(H,54,60). The van der Waals surface area contributed by atoms with Crippen molar-refractivity contribution in [3.05, 3.63) is 155 Å². The highest BCUT2D eigenvalue weighted by molar-refractivity contribution is 8.00. The number of rotatable bonds is 8. The van der Waals surface area contributed by atoms with Gasteiger partial charge in [0.2, 0.25) is 0 Å². The normalized spacial score (nSPS) is 17.2. The summed E-state index contributed by atoms with van der Waals surface area (Å²) < 4.78 is 5.79. The number of hydrogen-bond donors (Lipinski definition) is 2. The van der Waals surface area contributed by atoms with Crippen LogP contribution in [0.5, 0.6) is 5.75 Å². The number of hydrogen-bond acceptors (Lipinski definition) is 9. The number of anilines is 3. The smallest absolute Gasteiger partial charge is 0.256 e. The predicted octanol–water partition coefficient (Wildman–Crippen LogP) is 9.94. The topological polar surface area (TPSA) is 115 Å². The Labute approximate surface area is 388 Å². The summed E-state index contributed by atoms with van der Waals surface area (Å²) in [5.74, 6) is 0.0823. The minimum Gasteiger partial charge on any atom is -0.497 e. The molecule has 0 aliphatic carbocycles. The van der Waals surface area contributed by atoms with E-state index in [-0.39, 0.29) is 29.7 Å². The van der Waals surface area contributed by atoms with Crippen LogP contribution in [0.25, 0.3) is 11.1 Å². The molecule has 4 amide bonds. The van der Waals surface area contributed by atoms with E-state index in [1.807, 2.05) is 116 Å². The van der Waals surface area contributed by atoms with Gasteiger partial charge in [-0.05, 0) is 116 Å². The highest BCUT2D eigenvalue weighted by Crippen LogP contribution is 2.42. The van der Waals surface area contributed by atoms with Crippen LogP contribution in [0, 0.1) is 0 Å². The molecule has 2 fully saturated rings. The molecule has 1 unspecified atom stereocenters. The van der Waals surface area contributed by atoms with Gasteiger partial charge in [0, 0.05) is 100 Å². The molecule has 5 aromatic carbocycles. The second-order valence-electron chi connectivity index (χ2n) is 16.7. The van der Waals surface area contributed by atoms with Crippen LogP contribution in [0.1, 0.15) is 62.2 Å². The molecule has 0 saturated carbocycles. The minimum atomic E-state index is -0.249. The van der Waals surface area contributed by atoms with E-state index in [4.69, 9.17) is 4.74 Å². The quantitative estimate of drug-likeness (QED) is 0.147. The first kappa shape index (κ1) is 43.5. The number of fused-ring (bicyclic) bond motifs is 4. The Balaban J connectivity index is 0.878. The van der Waals surface area contributed by atoms with E-state index in [0.717, 1.165) is 53.2 Å². The van der Waals surface area contributed by atoms with Crippen LogP contribution in [0.3, 0.4) is 0 Å². The van der Waals surface area contributed by atoms with Crippen LogP contribution in [0.2, 0.25) is 0 Å². The molecule has 0 spiro atoms. The van der Waals surface area contributed by atoms with Crippen molar-refractivity contribution in [1.82, 2.24) is 14.7 Å². The molecule has 65 heavy (non-hydrogen) atoms. The molecule has 4 aliphatic rings. The van der Waals surface area contributed by atoms with Crippen molar-refractivity contribution >= 4 is 64.2 Å². The van der Waals surface area contributed by atoms with Gasteiger partial charge in [0.1, 0.15) is 5.75 Å². The van der Waals surface area contributed by atoms with Crippen molar-refractivity contribution in [2.75, 3.05) is 68.5 Å². The number of carbonyl (C=O) groups is 4. The molecule has 0 bridgehead atoms. The highest BCUT2D eigenvalue weighted by atomic mass is 32.2. The molecule has 330 valence electrons. The Morgan fingerprint density at radius 1 is 0.692 bits per heavy atom. The Morgan fingerprint density at radius 2 is 1.31 bits per heavy atom. The summed E-state index contributed by atoms with van der Waals surface area (Å²) in [5, 5.41) is 6.10. The number of piperazine rings is 2. The van der Waals surface area contributed by atoms with E-state index < -0.39 is 0 Å². The van der Waals surface area contributed by atoms with Gasteiger partial charge in [-0.1, -0.05) is 60.5 Å². The average molecular weight is 903 g/mol. The van der Waals surface area contributed by atoms with Crippen molar-refractivity contribution in [2.45, 2.75) is 46.4 Å². The van der Waals surface area contributed by atoms with Crippen molar-refractivity contribution in [3.8, 4) is 16.9 Å². The highest BCUT2D eigenvalue weighted by Gasteiger charge is 2.31. The molecule has 0 radical (unpaired) electrons. The number of allylic oxidation sites excluding steroid dienone is 3. The molecule has 13 heteroatoms. The second kappa shape index (κ2) is 18.1. The van der Waals surface area contributed by atoms with E-state index in [2.05, 4.69) is 39.7 Å². The fraction of sp³-hybridized carbons (Fsp3) is 0.231. The molecule has 11 nitrogen and oxygen atoms in total. The monoisotopic (exact) mass is 902 g/mol. The van der Waals surface area contributed by atoms with Gasteiger partial charge in [-0.15, -0.1) is 0 Å². The summed E-state index contributed by atoms with van der Waals surface area (Å²) in [4.78, 5) is 66.4. The lowest BCUT2D eigenvalue weighted by atomic mass is 10.0. The Kier molecular flexibility index (Phi) is 12.1. The van der Waals surface area contributed by atoms with E-state index in [1.54, 1.807) is 19.2 Å². The van der Waals surface area contributed by atoms with Crippen LogP contribution in [0.15, 0.2) is 153 Å². The first-order chi connectivity index (χ1) is 31.4. The number of methoxy groups -OCH3 is 1. The molecule has 0 aromatic heterocycles. The summed E-state index contributed by atoms with van der Waals surface area (Å²) in [5.41, 5.74) is 9.26. The van der Waals surface area contributed by atoms with Crippen LogP contribution < -0.4 is 20.3 Å². The first-order valence-corrected chi connectivity index (χ1v) is 23.3. The molecule has 2 N–H and O–H groups in total. The molecule has 2 saturated heterocycles. The number of carbonyl (C=O) groups excluding carboxylic acids is 4. The predicted molar refractivity (Wildman–Crippen MR) is 260 cm³/mol. The number of nitrogens with zero attached hydrogens (tertiary/aromatic N) is 4. The number of amides is 4. The van der Waals surface area contributed by atoms with Gasteiger partial charge in [-0.2, -0.15) is 0 Å². The maximum absolute atomic E-state index is 14.0. The first-order valence-electron chi connectivity index (χ1n) is 21.7. The maximum Gasteiger partial charge on any atom is 0.256 e. The number of nitrogens with one attached hydrogen (secondary N) is 2. The summed E-state index contributed by atoms with van der Waals surface area (Å²) >= 11 is 3.01. The zero-order valence-electron chi connectivity index (χ0n) is 36.9. The van der Waals surface area contributed by atoms with Gasteiger partial charge in [0.05, 0.1) is 29.6 Å². The average Bonchev–Trinajstić information content (AvgIpc) is 3.56.